The van der Waals surface area contributed by atoms with Crippen molar-refractivity contribution >= 4 is 7.53 Å². The Kier molecular flexibility index (Phi) is 2.07. The van der Waals surface area contributed by atoms with Crippen molar-refractivity contribution in [3.63, 3.8) is 0 Å². The van der Waals surface area contributed by atoms with Crippen LogP contribution in [0.5, 0.6) is 5.48 Å². The van der Waals surface area contributed by atoms with E-state index in [1.165, 1.54) is 0 Å². The molecule has 0 fully saturated rings. The first-order valence-electron chi connectivity index (χ1n) is 2.83. The van der Waals surface area contributed by atoms with Crippen molar-refractivity contribution in [2.24, 2.45) is 0 Å². The molecule has 1 aromatic heterocycles. The Labute approximate surface area is 56.0 Å². The van der Waals surface area contributed by atoms with Crippen LogP contribution in [-0.4, -0.2) is 5.11 Å². The minimum absolute atomic E-state index is 0.451. The van der Waals surface area contributed by atoms with E-state index in [2.05, 4.69) is 0 Å². The molecule has 0 amide bonds. The molecule has 1 N–H and O–H groups in total. The molecule has 0 aliphatic carbocycles. The minimum atomic E-state index is -0.451. The maximum Gasteiger partial charge on any atom is 0.263 e. The number of aromatic hydroxyl groups is 1. The van der Waals surface area contributed by atoms with Gasteiger partial charge in [-0.1, -0.05) is 6.07 Å². The summed E-state index contributed by atoms with van der Waals surface area (Å²) in [7, 11) is -0.451. The van der Waals surface area contributed by atoms with Gasteiger partial charge in [-0.3, -0.25) is 0 Å². The highest BCUT2D eigenvalue weighted by atomic mass is 31.1. The molecular formula is C7H9OP. The molecule has 9 heavy (non-hydrogen) atoms. The second-order valence-corrected chi connectivity index (χ2v) is 3.81. The standard InChI is InChI=1S/C7H9OP/c1-2-9-6-4-3-5-7(9)8/h2-6,8H,1H3. The van der Waals surface area contributed by atoms with E-state index in [0.717, 1.165) is 0 Å². The average molecular weight is 140 g/mol. The summed E-state index contributed by atoms with van der Waals surface area (Å²) in [5, 5.41) is 9.15. The molecule has 1 unspecified atom stereocenters. The van der Waals surface area contributed by atoms with Crippen LogP contribution in [-0.2, 0) is 0 Å². The number of hydrogen-bond acceptors (Lipinski definition) is 1. The predicted molar refractivity (Wildman–Crippen MR) is 40.6 cm³/mol. The van der Waals surface area contributed by atoms with Crippen molar-refractivity contribution in [1.29, 1.82) is 0 Å². The average Bonchev–Trinajstić information content (AvgIpc) is 1.89. The fourth-order valence-electron chi connectivity index (χ4n) is 0.665. The zero-order chi connectivity index (χ0) is 6.69. The van der Waals surface area contributed by atoms with Gasteiger partial charge in [-0.25, -0.2) is 0 Å². The van der Waals surface area contributed by atoms with Gasteiger partial charge in [0.05, 0.1) is 5.80 Å². The van der Waals surface area contributed by atoms with Gasteiger partial charge in [0.15, 0.2) is 0 Å². The first kappa shape index (κ1) is 6.57. The minimum Gasteiger partial charge on any atom is -0.478 e. The summed E-state index contributed by atoms with van der Waals surface area (Å²) in [5.74, 6) is 2.02. The lowest BCUT2D eigenvalue weighted by molar-refractivity contribution is 0.490. The number of hydrogen-bond donors (Lipinski definition) is 1. The van der Waals surface area contributed by atoms with Gasteiger partial charge in [0, 0.05) is 13.6 Å². The molecule has 0 aromatic carbocycles. The second-order valence-electron chi connectivity index (χ2n) is 1.72. The summed E-state index contributed by atoms with van der Waals surface area (Å²) in [5.41, 5.74) is 0.495. The molecule has 0 saturated heterocycles. The van der Waals surface area contributed by atoms with Crippen LogP contribution in [0, 0.1) is 6.16 Å². The van der Waals surface area contributed by atoms with Gasteiger partial charge in [0.1, 0.15) is 0 Å². The van der Waals surface area contributed by atoms with Crippen LogP contribution in [0.1, 0.15) is 6.92 Å². The van der Waals surface area contributed by atoms with Gasteiger partial charge in [-0.05, 0) is 6.07 Å². The molecule has 1 atom stereocenters. The lowest BCUT2D eigenvalue weighted by atomic mass is 10.6. The van der Waals surface area contributed by atoms with Gasteiger partial charge in [-0.2, -0.15) is 6.92 Å². The van der Waals surface area contributed by atoms with Crippen molar-refractivity contribution in [2.75, 3.05) is 0 Å². The van der Waals surface area contributed by atoms with E-state index in [4.69, 9.17) is 5.11 Å². The third-order valence-electron chi connectivity index (χ3n) is 1.15. The van der Waals surface area contributed by atoms with E-state index in [1.54, 1.807) is 6.07 Å². The summed E-state index contributed by atoms with van der Waals surface area (Å²) >= 11 is 0. The Morgan fingerprint density at radius 2 is 2.33 bits per heavy atom. The molecule has 0 radical (unpaired) electrons. The summed E-state index contributed by atoms with van der Waals surface area (Å²) < 4.78 is 0. The quantitative estimate of drug-likeness (QED) is 0.594. The van der Waals surface area contributed by atoms with E-state index in [9.17, 15) is 0 Å². The van der Waals surface area contributed by atoms with Crippen molar-refractivity contribution in [3.8, 4) is 5.48 Å². The number of rotatable bonds is 1. The molecule has 2 heteroatoms. The SMILES string of the molecule is C[CH-][p+]1ccccc1O. The predicted octanol–water partition coefficient (Wildman–Crippen LogP) is 2.69. The topological polar surface area (TPSA) is 20.2 Å². The van der Waals surface area contributed by atoms with Crippen LogP contribution >= 0.6 is 7.53 Å². The summed E-state index contributed by atoms with van der Waals surface area (Å²) in [6.45, 7) is 1.96. The third kappa shape index (κ3) is 1.43. The molecule has 1 heterocycles. The monoisotopic (exact) mass is 140 g/mol. The van der Waals surface area contributed by atoms with Gasteiger partial charge < -0.3 is 5.11 Å². The van der Waals surface area contributed by atoms with Crippen LogP contribution < -0.4 is 0 Å². The Bertz CT molecular complexity index is 198. The van der Waals surface area contributed by atoms with E-state index < -0.39 is 7.53 Å². The molecule has 0 saturated carbocycles. The zero-order valence-corrected chi connectivity index (χ0v) is 6.18. The van der Waals surface area contributed by atoms with E-state index in [-0.39, 0.29) is 0 Å². The fourth-order valence-corrected chi connectivity index (χ4v) is 1.80. The largest absolute Gasteiger partial charge is 0.478 e. The van der Waals surface area contributed by atoms with Crippen LogP contribution in [0.15, 0.2) is 24.0 Å². The van der Waals surface area contributed by atoms with Gasteiger partial charge in [-0.15, -0.1) is 6.16 Å². The molecule has 1 nitrogen and oxygen atoms in total. The van der Waals surface area contributed by atoms with Gasteiger partial charge in [0.25, 0.3) is 5.48 Å². The highest BCUT2D eigenvalue weighted by molar-refractivity contribution is 7.53. The molecule has 0 aliphatic rings. The Hall–Kier alpha value is -0.550. The van der Waals surface area contributed by atoms with Crippen LogP contribution in [0.3, 0.4) is 0 Å². The summed E-state index contributed by atoms with van der Waals surface area (Å²) in [6.07, 6.45) is 2.02. The zero-order valence-electron chi connectivity index (χ0n) is 5.28. The molecule has 1 aromatic rings. The van der Waals surface area contributed by atoms with E-state index in [1.807, 2.05) is 31.0 Å². The lowest BCUT2D eigenvalue weighted by Gasteiger charge is -1.93. The molecule has 48 valence electrons. The van der Waals surface area contributed by atoms with E-state index in [0.29, 0.717) is 5.48 Å². The first-order valence-corrected chi connectivity index (χ1v) is 4.31. The van der Waals surface area contributed by atoms with Crippen LogP contribution in [0.25, 0.3) is 0 Å². The first-order chi connectivity index (χ1) is 4.34. The maximum atomic E-state index is 9.15. The fraction of sp³-hybridized carbons (Fsp3) is 0.143. The van der Waals surface area contributed by atoms with Crippen molar-refractivity contribution in [3.05, 3.63) is 30.2 Å². The molecule has 0 aliphatic heterocycles. The summed E-state index contributed by atoms with van der Waals surface area (Å²) in [6, 6.07) is 5.55. The molecular weight excluding hydrogens is 131 g/mol. The van der Waals surface area contributed by atoms with Crippen LogP contribution in [0.2, 0.25) is 0 Å². The smallest absolute Gasteiger partial charge is 0.263 e. The van der Waals surface area contributed by atoms with Crippen LogP contribution in [0.4, 0.5) is 0 Å². The van der Waals surface area contributed by atoms with E-state index >= 15 is 0 Å². The summed E-state index contributed by atoms with van der Waals surface area (Å²) in [4.78, 5) is 0. The highest BCUT2D eigenvalue weighted by Gasteiger charge is 1.97. The Morgan fingerprint density at radius 3 is 2.78 bits per heavy atom. The highest BCUT2D eigenvalue weighted by Crippen LogP contribution is 2.39. The lowest BCUT2D eigenvalue weighted by Crippen LogP contribution is -1.59. The Balaban J connectivity index is 3.01. The molecule has 0 bridgehead atoms. The molecule has 0 spiro atoms. The van der Waals surface area contributed by atoms with Gasteiger partial charge >= 0.3 is 0 Å². The van der Waals surface area contributed by atoms with Crippen molar-refractivity contribution < 1.29 is 5.11 Å². The van der Waals surface area contributed by atoms with Gasteiger partial charge in [0.2, 0.25) is 0 Å². The second kappa shape index (κ2) is 2.84. The third-order valence-corrected chi connectivity index (χ3v) is 2.87. The van der Waals surface area contributed by atoms with Crippen molar-refractivity contribution in [2.45, 2.75) is 6.92 Å². The maximum absolute atomic E-state index is 9.15. The normalized spacial score (nSPS) is 11.4. The Morgan fingerprint density at radius 1 is 1.56 bits per heavy atom. The van der Waals surface area contributed by atoms with Crippen molar-refractivity contribution in [1.82, 2.24) is 0 Å². The molecule has 1 rings (SSSR count).